The van der Waals surface area contributed by atoms with Crippen molar-refractivity contribution in [2.45, 2.75) is 66.6 Å². The molecule has 1 atom stereocenters. The second-order valence-corrected chi connectivity index (χ2v) is 9.65. The number of hydrogen-bond donors (Lipinski definition) is 1. The molecule has 0 bridgehead atoms. The van der Waals surface area contributed by atoms with Crippen LogP contribution in [0.3, 0.4) is 0 Å². The Kier molecular flexibility index (Phi) is 13.1. The summed E-state index contributed by atoms with van der Waals surface area (Å²) in [5.74, 6) is -1.23. The minimum absolute atomic E-state index is 0.0220. The molecule has 0 aliphatic carbocycles. The molecule has 1 unspecified atom stereocenters. The topological polar surface area (TPSA) is 117 Å². The molecule has 2 heterocycles. The van der Waals surface area contributed by atoms with Crippen LogP contribution >= 0.6 is 0 Å². The van der Waals surface area contributed by atoms with Crippen LogP contribution in [-0.2, 0) is 22.5 Å². The summed E-state index contributed by atoms with van der Waals surface area (Å²) in [6.07, 6.45) is 2.11. The maximum atomic E-state index is 12.6. The van der Waals surface area contributed by atoms with Crippen LogP contribution in [0.15, 0.2) is 71.7 Å². The summed E-state index contributed by atoms with van der Waals surface area (Å²) in [5, 5.41) is 3.97. The third-order valence-electron chi connectivity index (χ3n) is 6.14. The van der Waals surface area contributed by atoms with E-state index >= 15 is 0 Å². The number of rotatable bonds is 8. The van der Waals surface area contributed by atoms with Crippen LogP contribution in [0.1, 0.15) is 63.2 Å². The number of aromatic nitrogens is 2. The largest absolute Gasteiger partial charge is 0.451 e. The summed E-state index contributed by atoms with van der Waals surface area (Å²) in [5.41, 5.74) is 7.94. The second kappa shape index (κ2) is 16.2. The smallest absolute Gasteiger partial charge is 0.326 e. The molecule has 0 radical (unpaired) electrons. The van der Waals surface area contributed by atoms with Crippen LogP contribution in [0.25, 0.3) is 0 Å². The number of carbonyl (C=O) groups excluding carboxylic acids is 2. The van der Waals surface area contributed by atoms with Crippen molar-refractivity contribution in [3.8, 4) is 5.75 Å². The molecule has 0 saturated heterocycles. The van der Waals surface area contributed by atoms with Crippen molar-refractivity contribution >= 4 is 11.9 Å². The van der Waals surface area contributed by atoms with Gasteiger partial charge in [0.1, 0.15) is 6.04 Å². The lowest BCUT2D eigenvalue weighted by atomic mass is 10.1. The van der Waals surface area contributed by atoms with E-state index in [1.54, 1.807) is 18.7 Å². The lowest BCUT2D eigenvalue weighted by molar-refractivity contribution is -0.152. The maximum absolute atomic E-state index is 12.6. The zero-order valence-corrected chi connectivity index (χ0v) is 24.4. The standard InChI is InChI=1S/C16H24N4O5.C13H12.C2H6/c1-9(2)12(17)16(23)25-8-24-14-11(21)7-18-20-6-5-19(10(3)4)15(22)13(14)20;1-3-7-12(8-4-1)11-13-9-5-2-6-10-13;1-2/h7,9-10,12H,5-6,8,17H2,1-4H3;1-10H,11H2;1-2H3. The van der Waals surface area contributed by atoms with Gasteiger partial charge in [-0.2, -0.15) is 5.10 Å². The first-order valence-electron chi connectivity index (χ1n) is 13.7. The van der Waals surface area contributed by atoms with Crippen molar-refractivity contribution in [1.82, 2.24) is 14.7 Å². The van der Waals surface area contributed by atoms with Gasteiger partial charge in [-0.1, -0.05) is 88.4 Å². The van der Waals surface area contributed by atoms with Crippen molar-refractivity contribution in [2.24, 2.45) is 11.7 Å². The number of hydrogen-bond acceptors (Lipinski definition) is 7. The molecule has 4 rings (SSSR count). The van der Waals surface area contributed by atoms with Crippen LogP contribution in [0.2, 0.25) is 0 Å². The Labute approximate surface area is 236 Å². The first-order chi connectivity index (χ1) is 19.2. The molecule has 1 aromatic heterocycles. The Hall–Kier alpha value is -3.98. The Morgan fingerprint density at radius 2 is 1.48 bits per heavy atom. The van der Waals surface area contributed by atoms with E-state index in [2.05, 4.69) is 65.8 Å². The first-order valence-corrected chi connectivity index (χ1v) is 13.7. The van der Waals surface area contributed by atoms with E-state index in [0.717, 1.165) is 12.6 Å². The van der Waals surface area contributed by atoms with Gasteiger partial charge < -0.3 is 20.1 Å². The van der Waals surface area contributed by atoms with Gasteiger partial charge in [0, 0.05) is 12.6 Å². The van der Waals surface area contributed by atoms with Gasteiger partial charge in [-0.05, 0) is 37.3 Å². The summed E-state index contributed by atoms with van der Waals surface area (Å²) in [7, 11) is 0. The average molecular weight is 551 g/mol. The Morgan fingerprint density at radius 3 is 1.98 bits per heavy atom. The molecule has 9 heteroatoms. The molecule has 216 valence electrons. The van der Waals surface area contributed by atoms with Crippen LogP contribution < -0.4 is 15.9 Å². The zero-order chi connectivity index (χ0) is 29.7. The highest BCUT2D eigenvalue weighted by molar-refractivity contribution is 5.95. The maximum Gasteiger partial charge on any atom is 0.326 e. The van der Waals surface area contributed by atoms with Gasteiger partial charge in [0.25, 0.3) is 5.91 Å². The lowest BCUT2D eigenvalue weighted by Gasteiger charge is -2.32. The van der Waals surface area contributed by atoms with E-state index < -0.39 is 24.2 Å². The van der Waals surface area contributed by atoms with Crippen molar-refractivity contribution in [3.05, 3.63) is 93.9 Å². The number of nitrogens with two attached hydrogens (primary N) is 1. The molecule has 40 heavy (non-hydrogen) atoms. The van der Waals surface area contributed by atoms with E-state index in [-0.39, 0.29) is 29.3 Å². The molecule has 9 nitrogen and oxygen atoms in total. The van der Waals surface area contributed by atoms with Crippen LogP contribution in [0, 0.1) is 5.92 Å². The van der Waals surface area contributed by atoms with Gasteiger partial charge >= 0.3 is 5.97 Å². The van der Waals surface area contributed by atoms with Crippen LogP contribution in [-0.4, -0.2) is 52.0 Å². The van der Waals surface area contributed by atoms with E-state index in [0.29, 0.717) is 13.1 Å². The minimum atomic E-state index is -0.783. The predicted octanol–water partition coefficient (Wildman–Crippen LogP) is 4.27. The van der Waals surface area contributed by atoms with E-state index in [1.807, 2.05) is 27.7 Å². The molecule has 1 aliphatic heterocycles. The van der Waals surface area contributed by atoms with Crippen molar-refractivity contribution < 1.29 is 19.1 Å². The summed E-state index contributed by atoms with van der Waals surface area (Å²) >= 11 is 0. The number of amides is 1. The predicted molar refractivity (Wildman–Crippen MR) is 156 cm³/mol. The number of benzene rings is 2. The van der Waals surface area contributed by atoms with Gasteiger partial charge in [-0.3, -0.25) is 19.1 Å². The molecule has 3 aromatic rings. The normalized spacial score (nSPS) is 12.9. The molecular weight excluding hydrogens is 508 g/mol. The fourth-order valence-corrected chi connectivity index (χ4v) is 3.86. The summed E-state index contributed by atoms with van der Waals surface area (Å²) < 4.78 is 11.7. The van der Waals surface area contributed by atoms with Gasteiger partial charge in [-0.25, -0.2) is 0 Å². The Balaban J connectivity index is 0.000000311. The molecule has 1 amide bonds. The molecule has 0 fully saturated rings. The quantitative estimate of drug-likeness (QED) is 0.329. The lowest BCUT2D eigenvalue weighted by Crippen LogP contribution is -2.46. The molecule has 2 aromatic carbocycles. The van der Waals surface area contributed by atoms with Gasteiger partial charge in [0.15, 0.2) is 5.69 Å². The Bertz CT molecular complexity index is 1220. The fourth-order valence-electron chi connectivity index (χ4n) is 3.86. The molecule has 2 N–H and O–H groups in total. The van der Waals surface area contributed by atoms with Gasteiger partial charge in [0.05, 0.1) is 12.7 Å². The van der Waals surface area contributed by atoms with E-state index in [9.17, 15) is 14.4 Å². The van der Waals surface area contributed by atoms with Gasteiger partial charge in [0.2, 0.25) is 18.0 Å². The Morgan fingerprint density at radius 1 is 0.925 bits per heavy atom. The number of esters is 1. The minimum Gasteiger partial charge on any atom is -0.451 e. The monoisotopic (exact) mass is 550 g/mol. The van der Waals surface area contributed by atoms with Crippen molar-refractivity contribution in [3.63, 3.8) is 0 Å². The molecule has 1 aliphatic rings. The molecular formula is C31H42N4O5. The highest BCUT2D eigenvalue weighted by Crippen LogP contribution is 2.20. The number of fused-ring (bicyclic) bond motifs is 1. The van der Waals surface area contributed by atoms with Crippen molar-refractivity contribution in [1.29, 1.82) is 0 Å². The zero-order valence-electron chi connectivity index (χ0n) is 24.4. The fraction of sp³-hybridized carbons (Fsp3) is 0.419. The SMILES string of the molecule is CC.CC(C)C(N)C(=O)OCOc1c2n(ncc1=O)CCN(C(C)C)C2=O.c1ccc(Cc2ccccc2)cc1. The average Bonchev–Trinajstić information content (AvgIpc) is 2.96. The number of ether oxygens (including phenoxy) is 2. The van der Waals surface area contributed by atoms with E-state index in [4.69, 9.17) is 15.2 Å². The van der Waals surface area contributed by atoms with Crippen LogP contribution in [0.4, 0.5) is 0 Å². The first kappa shape index (κ1) is 32.2. The molecule has 0 spiro atoms. The number of nitrogens with zero attached hydrogens (tertiary/aromatic N) is 3. The summed E-state index contributed by atoms with van der Waals surface area (Å²) in [4.78, 5) is 38.1. The second-order valence-electron chi connectivity index (χ2n) is 9.65. The third kappa shape index (κ3) is 9.05. The number of carbonyl (C=O) groups is 2. The summed E-state index contributed by atoms with van der Waals surface area (Å²) in [6, 6.07) is 20.3. The highest BCUT2D eigenvalue weighted by atomic mass is 16.7. The highest BCUT2D eigenvalue weighted by Gasteiger charge is 2.31. The van der Waals surface area contributed by atoms with Crippen LogP contribution in [0.5, 0.6) is 5.75 Å². The van der Waals surface area contributed by atoms with Gasteiger partial charge in [-0.15, -0.1) is 0 Å². The summed E-state index contributed by atoms with van der Waals surface area (Å²) in [6.45, 7) is 11.8. The third-order valence-corrected chi connectivity index (χ3v) is 6.14. The van der Waals surface area contributed by atoms with Crippen molar-refractivity contribution in [2.75, 3.05) is 13.3 Å². The van der Waals surface area contributed by atoms with E-state index in [1.165, 1.54) is 15.8 Å². The molecule has 0 saturated carbocycles.